The summed E-state index contributed by atoms with van der Waals surface area (Å²) in [5, 5.41) is 9.41. The minimum atomic E-state index is -3.61. The van der Waals surface area contributed by atoms with Gasteiger partial charge in [0.05, 0.1) is 0 Å². The van der Waals surface area contributed by atoms with Crippen molar-refractivity contribution in [3.05, 3.63) is 0 Å². The molecule has 0 aliphatic carbocycles. The Morgan fingerprint density at radius 3 is 2.26 bits per heavy atom. The third-order valence-electron chi connectivity index (χ3n) is 4.16. The van der Waals surface area contributed by atoms with Crippen molar-refractivity contribution in [2.75, 3.05) is 12.8 Å². The summed E-state index contributed by atoms with van der Waals surface area (Å²) < 4.78 is 21.8. The van der Waals surface area contributed by atoms with Crippen LogP contribution in [0.3, 0.4) is 0 Å². The molecule has 110 valence electrons. The van der Waals surface area contributed by atoms with Crippen LogP contribution in [0.15, 0.2) is 0 Å². The second kappa shape index (κ2) is 4.77. The van der Waals surface area contributed by atoms with Gasteiger partial charge in [-0.25, -0.2) is 13.2 Å². The number of nitrogens with zero attached hydrogens (tertiary/aromatic N) is 1. The Kier molecular flexibility index (Phi) is 4.01. The smallest absolute Gasteiger partial charge is 0.329 e. The van der Waals surface area contributed by atoms with Crippen molar-refractivity contribution in [2.24, 2.45) is 0 Å². The van der Waals surface area contributed by atoms with Crippen molar-refractivity contribution >= 4 is 21.7 Å². The van der Waals surface area contributed by atoms with Crippen molar-refractivity contribution in [1.82, 2.24) is 4.90 Å². The molecule has 19 heavy (non-hydrogen) atoms. The molecule has 0 saturated carbocycles. The highest BCUT2D eigenvalue weighted by Gasteiger charge is 2.53. The Morgan fingerprint density at radius 1 is 1.37 bits per heavy atom. The molecule has 1 saturated heterocycles. The van der Waals surface area contributed by atoms with Gasteiger partial charge in [-0.2, -0.15) is 0 Å². The quantitative estimate of drug-likeness (QED) is 0.821. The standard InChI is InChI=1S/C12H21NO5S/c1-5-12(10(15)16)7-6-8-13(12)9(14)11(2,3)19(4,17)18/h5-8H2,1-4H3,(H,15,16). The molecule has 7 heteroatoms. The van der Waals surface area contributed by atoms with E-state index in [9.17, 15) is 23.1 Å². The number of rotatable bonds is 4. The van der Waals surface area contributed by atoms with Gasteiger partial charge in [0.1, 0.15) is 10.3 Å². The molecular weight excluding hydrogens is 270 g/mol. The van der Waals surface area contributed by atoms with Gasteiger partial charge in [0, 0.05) is 12.8 Å². The molecule has 0 bridgehead atoms. The molecule has 1 aliphatic rings. The van der Waals surface area contributed by atoms with Crippen LogP contribution >= 0.6 is 0 Å². The molecular formula is C12H21NO5S. The molecule has 1 rings (SSSR count). The molecule has 0 aromatic rings. The van der Waals surface area contributed by atoms with E-state index in [2.05, 4.69) is 0 Å². The van der Waals surface area contributed by atoms with E-state index in [1.807, 2.05) is 0 Å². The lowest BCUT2D eigenvalue weighted by molar-refractivity contribution is -0.157. The van der Waals surface area contributed by atoms with Gasteiger partial charge in [0.25, 0.3) is 0 Å². The van der Waals surface area contributed by atoms with Crippen LogP contribution in [0.2, 0.25) is 0 Å². The van der Waals surface area contributed by atoms with E-state index in [1.54, 1.807) is 6.92 Å². The molecule has 1 unspecified atom stereocenters. The van der Waals surface area contributed by atoms with Gasteiger partial charge >= 0.3 is 5.97 Å². The molecule has 1 N–H and O–H groups in total. The molecule has 6 nitrogen and oxygen atoms in total. The van der Waals surface area contributed by atoms with E-state index < -0.39 is 32.0 Å². The first-order valence-corrected chi connectivity index (χ1v) is 8.15. The van der Waals surface area contributed by atoms with Crippen LogP contribution in [0, 0.1) is 0 Å². The number of sulfone groups is 1. The Balaban J connectivity index is 3.23. The highest BCUT2D eigenvalue weighted by molar-refractivity contribution is 7.92. The number of carboxylic acids is 1. The number of amides is 1. The van der Waals surface area contributed by atoms with Crippen LogP contribution in [0.4, 0.5) is 0 Å². The molecule has 1 atom stereocenters. The fraction of sp³-hybridized carbons (Fsp3) is 0.833. The van der Waals surface area contributed by atoms with Crippen molar-refractivity contribution in [1.29, 1.82) is 0 Å². The van der Waals surface area contributed by atoms with Gasteiger partial charge in [-0.1, -0.05) is 6.92 Å². The minimum Gasteiger partial charge on any atom is -0.479 e. The topological polar surface area (TPSA) is 91.8 Å². The maximum atomic E-state index is 12.5. The predicted molar refractivity (Wildman–Crippen MR) is 70.5 cm³/mol. The Bertz CT molecular complexity index is 496. The largest absolute Gasteiger partial charge is 0.479 e. The fourth-order valence-corrected chi connectivity index (χ4v) is 2.83. The summed E-state index contributed by atoms with van der Waals surface area (Å²) in [6.45, 7) is 4.64. The molecule has 1 heterocycles. The Morgan fingerprint density at radius 2 is 1.89 bits per heavy atom. The summed E-state index contributed by atoms with van der Waals surface area (Å²) in [5.41, 5.74) is -1.26. The third-order valence-corrected chi connectivity index (χ3v) is 6.19. The van der Waals surface area contributed by atoms with E-state index in [0.29, 0.717) is 12.8 Å². The van der Waals surface area contributed by atoms with Gasteiger partial charge in [0.15, 0.2) is 9.84 Å². The van der Waals surface area contributed by atoms with Crippen LogP contribution in [-0.2, 0) is 19.4 Å². The monoisotopic (exact) mass is 291 g/mol. The average molecular weight is 291 g/mol. The van der Waals surface area contributed by atoms with Gasteiger partial charge in [-0.3, -0.25) is 4.79 Å². The number of carboxylic acid groups (broad SMARTS) is 1. The normalized spacial score (nSPS) is 24.5. The molecule has 1 fully saturated rings. The number of carbonyl (C=O) groups is 2. The van der Waals surface area contributed by atoms with Crippen LogP contribution in [0.5, 0.6) is 0 Å². The molecule has 0 aromatic heterocycles. The van der Waals surface area contributed by atoms with E-state index >= 15 is 0 Å². The first-order valence-electron chi connectivity index (χ1n) is 6.26. The predicted octanol–water partition coefficient (Wildman–Crippen LogP) is 0.665. The zero-order valence-electron chi connectivity index (χ0n) is 11.8. The third kappa shape index (κ3) is 2.35. The van der Waals surface area contributed by atoms with E-state index in [1.165, 1.54) is 18.7 Å². The lowest BCUT2D eigenvalue weighted by Crippen LogP contribution is -2.59. The Labute approximate surface area is 113 Å². The van der Waals surface area contributed by atoms with Crippen LogP contribution in [0.25, 0.3) is 0 Å². The van der Waals surface area contributed by atoms with Crippen molar-refractivity contribution in [2.45, 2.75) is 50.3 Å². The zero-order valence-corrected chi connectivity index (χ0v) is 12.6. The van der Waals surface area contributed by atoms with Gasteiger partial charge in [0.2, 0.25) is 5.91 Å². The molecule has 1 amide bonds. The first-order chi connectivity index (χ1) is 8.50. The zero-order chi connectivity index (χ0) is 15.1. The number of hydrogen-bond donors (Lipinski definition) is 1. The summed E-state index contributed by atoms with van der Waals surface area (Å²) in [6, 6.07) is 0. The average Bonchev–Trinajstić information content (AvgIpc) is 2.70. The van der Waals surface area contributed by atoms with Gasteiger partial charge in [-0.05, 0) is 33.1 Å². The second-order valence-electron chi connectivity index (χ2n) is 5.53. The lowest BCUT2D eigenvalue weighted by atomic mass is 9.92. The van der Waals surface area contributed by atoms with E-state index in [4.69, 9.17) is 0 Å². The maximum Gasteiger partial charge on any atom is 0.329 e. The van der Waals surface area contributed by atoms with Crippen LogP contribution in [-0.4, -0.2) is 53.4 Å². The lowest BCUT2D eigenvalue weighted by Gasteiger charge is -2.38. The van der Waals surface area contributed by atoms with Crippen molar-refractivity contribution < 1.29 is 23.1 Å². The van der Waals surface area contributed by atoms with E-state index in [0.717, 1.165) is 6.26 Å². The van der Waals surface area contributed by atoms with Crippen molar-refractivity contribution in [3.8, 4) is 0 Å². The number of carbonyl (C=O) groups excluding carboxylic acids is 1. The van der Waals surface area contributed by atoms with Gasteiger partial charge in [-0.15, -0.1) is 0 Å². The highest BCUT2D eigenvalue weighted by Crippen LogP contribution is 2.35. The molecule has 1 aliphatic heterocycles. The summed E-state index contributed by atoms with van der Waals surface area (Å²) in [7, 11) is -3.61. The summed E-state index contributed by atoms with van der Waals surface area (Å²) >= 11 is 0. The maximum absolute atomic E-state index is 12.5. The van der Waals surface area contributed by atoms with Crippen LogP contribution in [0.1, 0.15) is 40.0 Å². The highest BCUT2D eigenvalue weighted by atomic mass is 32.2. The Hall–Kier alpha value is -1.11. The minimum absolute atomic E-state index is 0.272. The number of hydrogen-bond acceptors (Lipinski definition) is 4. The second-order valence-corrected chi connectivity index (χ2v) is 8.10. The van der Waals surface area contributed by atoms with E-state index in [-0.39, 0.29) is 13.0 Å². The SMILES string of the molecule is CCC1(C(=O)O)CCCN1C(=O)C(C)(C)S(C)(=O)=O. The fourth-order valence-electron chi connectivity index (χ4n) is 2.40. The number of aliphatic carboxylic acids is 1. The molecule has 0 aromatic carbocycles. The summed E-state index contributed by atoms with van der Waals surface area (Å²) in [5.74, 6) is -1.69. The summed E-state index contributed by atoms with van der Waals surface area (Å²) in [6.07, 6.45) is 2.21. The van der Waals surface area contributed by atoms with Crippen molar-refractivity contribution in [3.63, 3.8) is 0 Å². The molecule has 0 radical (unpaired) electrons. The first kappa shape index (κ1) is 15.9. The van der Waals surface area contributed by atoms with Gasteiger partial charge < -0.3 is 10.0 Å². The molecule has 0 spiro atoms. The summed E-state index contributed by atoms with van der Waals surface area (Å²) in [4.78, 5) is 25.2. The number of likely N-dealkylation sites (tertiary alicyclic amines) is 1. The van der Waals surface area contributed by atoms with Crippen LogP contribution < -0.4 is 0 Å².